The van der Waals surface area contributed by atoms with E-state index in [0.29, 0.717) is 6.42 Å². The maximum Gasteiger partial charge on any atom is 0.225 e. The summed E-state index contributed by atoms with van der Waals surface area (Å²) in [4.78, 5) is 14.2. The van der Waals surface area contributed by atoms with Gasteiger partial charge in [0.25, 0.3) is 0 Å². The van der Waals surface area contributed by atoms with Gasteiger partial charge in [-0.25, -0.2) is 0 Å². The molecule has 0 bridgehead atoms. The fraction of sp³-hybridized carbons (Fsp3) is 0.562. The van der Waals surface area contributed by atoms with Crippen LogP contribution in [0.2, 0.25) is 0 Å². The molecule has 4 heteroatoms. The Kier molecular flexibility index (Phi) is 5.15. The molecule has 0 aromatic heterocycles. The van der Waals surface area contributed by atoms with Crippen molar-refractivity contribution in [2.45, 2.75) is 39.4 Å². The number of benzene rings is 1. The number of anilines is 1. The highest BCUT2D eigenvalue weighted by Gasteiger charge is 2.22. The Balaban J connectivity index is 1.76. The summed E-state index contributed by atoms with van der Waals surface area (Å²) < 4.78 is 5.69. The third kappa shape index (κ3) is 4.62. The molecule has 0 saturated carbocycles. The SMILES string of the molecule is Cc1ccc(NC(=O)CCN2C[C@H](C)O[C@@H](C)C2)cc1. The monoisotopic (exact) mass is 276 g/mol. The lowest BCUT2D eigenvalue weighted by molar-refractivity contribution is -0.117. The standard InChI is InChI=1S/C16H24N2O2/c1-12-4-6-15(7-5-12)17-16(19)8-9-18-10-13(2)20-14(3)11-18/h4-7,13-14H,8-11H2,1-3H3,(H,17,19)/t13-,14-/m0/s1. The Morgan fingerprint density at radius 2 is 1.85 bits per heavy atom. The van der Waals surface area contributed by atoms with Crippen LogP contribution < -0.4 is 5.32 Å². The molecule has 1 aliphatic heterocycles. The van der Waals surface area contributed by atoms with Gasteiger partial charge < -0.3 is 10.1 Å². The lowest BCUT2D eigenvalue weighted by atomic mass is 10.2. The normalized spacial score (nSPS) is 23.6. The molecule has 1 aromatic carbocycles. The second-order valence-corrected chi connectivity index (χ2v) is 5.68. The van der Waals surface area contributed by atoms with Crippen LogP contribution in [0, 0.1) is 6.92 Å². The topological polar surface area (TPSA) is 41.6 Å². The van der Waals surface area contributed by atoms with Crippen molar-refractivity contribution < 1.29 is 9.53 Å². The number of hydrogen-bond acceptors (Lipinski definition) is 3. The van der Waals surface area contributed by atoms with Crippen molar-refractivity contribution >= 4 is 11.6 Å². The van der Waals surface area contributed by atoms with Crippen LogP contribution in [0.3, 0.4) is 0 Å². The molecule has 4 nitrogen and oxygen atoms in total. The lowest BCUT2D eigenvalue weighted by Gasteiger charge is -2.35. The molecule has 1 heterocycles. The molecule has 1 fully saturated rings. The molecule has 0 aliphatic carbocycles. The third-order valence-corrected chi connectivity index (χ3v) is 3.49. The molecule has 1 saturated heterocycles. The first-order valence-corrected chi connectivity index (χ1v) is 7.27. The van der Waals surface area contributed by atoms with Crippen molar-refractivity contribution in [3.8, 4) is 0 Å². The van der Waals surface area contributed by atoms with E-state index in [9.17, 15) is 4.79 Å². The van der Waals surface area contributed by atoms with E-state index < -0.39 is 0 Å². The minimum atomic E-state index is 0.0700. The Labute approximate surface area is 121 Å². The van der Waals surface area contributed by atoms with Gasteiger partial charge in [-0.2, -0.15) is 0 Å². The van der Waals surface area contributed by atoms with Crippen LogP contribution in [0.1, 0.15) is 25.8 Å². The van der Waals surface area contributed by atoms with Crippen molar-refractivity contribution in [2.75, 3.05) is 25.0 Å². The van der Waals surface area contributed by atoms with E-state index >= 15 is 0 Å². The van der Waals surface area contributed by atoms with Crippen LogP contribution in [0.5, 0.6) is 0 Å². The Bertz CT molecular complexity index is 434. The molecule has 0 unspecified atom stereocenters. The molecule has 1 amide bonds. The molecular weight excluding hydrogens is 252 g/mol. The van der Waals surface area contributed by atoms with Gasteiger partial charge in [0.15, 0.2) is 0 Å². The Morgan fingerprint density at radius 3 is 2.45 bits per heavy atom. The van der Waals surface area contributed by atoms with E-state index in [2.05, 4.69) is 24.1 Å². The van der Waals surface area contributed by atoms with Crippen molar-refractivity contribution in [2.24, 2.45) is 0 Å². The fourth-order valence-corrected chi connectivity index (χ4v) is 2.59. The van der Waals surface area contributed by atoms with Gasteiger partial charge >= 0.3 is 0 Å². The van der Waals surface area contributed by atoms with Crippen molar-refractivity contribution in [1.82, 2.24) is 4.90 Å². The maximum atomic E-state index is 11.9. The summed E-state index contributed by atoms with van der Waals surface area (Å²) >= 11 is 0. The van der Waals surface area contributed by atoms with Crippen molar-refractivity contribution in [3.05, 3.63) is 29.8 Å². The highest BCUT2D eigenvalue weighted by Crippen LogP contribution is 2.12. The van der Waals surface area contributed by atoms with Gasteiger partial charge in [0.05, 0.1) is 12.2 Å². The van der Waals surface area contributed by atoms with E-state index in [1.807, 2.05) is 31.2 Å². The van der Waals surface area contributed by atoms with Crippen LogP contribution in [0.25, 0.3) is 0 Å². The van der Waals surface area contributed by atoms with Gasteiger partial charge in [-0.05, 0) is 32.9 Å². The molecule has 2 rings (SSSR count). The van der Waals surface area contributed by atoms with Gasteiger partial charge in [-0.1, -0.05) is 17.7 Å². The number of carbonyl (C=O) groups excluding carboxylic acids is 1. The molecular formula is C16H24N2O2. The summed E-state index contributed by atoms with van der Waals surface area (Å²) in [6.07, 6.45) is 1.02. The maximum absolute atomic E-state index is 11.9. The Morgan fingerprint density at radius 1 is 1.25 bits per heavy atom. The first-order chi connectivity index (χ1) is 9.52. The van der Waals surface area contributed by atoms with Crippen molar-refractivity contribution in [3.63, 3.8) is 0 Å². The average Bonchev–Trinajstić information content (AvgIpc) is 2.38. The van der Waals surface area contributed by atoms with E-state index in [1.54, 1.807) is 0 Å². The van der Waals surface area contributed by atoms with Crippen molar-refractivity contribution in [1.29, 1.82) is 0 Å². The number of morpholine rings is 1. The minimum absolute atomic E-state index is 0.0700. The number of nitrogens with one attached hydrogen (secondary N) is 1. The summed E-state index contributed by atoms with van der Waals surface area (Å²) in [7, 11) is 0. The number of aryl methyl sites for hydroxylation is 1. The quantitative estimate of drug-likeness (QED) is 0.918. The molecule has 0 spiro atoms. The summed E-state index contributed by atoms with van der Waals surface area (Å²) in [6.45, 7) is 8.79. The number of ether oxygens (including phenoxy) is 1. The number of amides is 1. The predicted octanol–water partition coefficient (Wildman–Crippen LogP) is 2.43. The van der Waals surface area contributed by atoms with Gasteiger partial charge in [-0.3, -0.25) is 9.69 Å². The van der Waals surface area contributed by atoms with E-state index in [1.165, 1.54) is 5.56 Å². The molecule has 1 aliphatic rings. The molecule has 20 heavy (non-hydrogen) atoms. The summed E-state index contributed by atoms with van der Waals surface area (Å²) in [5, 5.41) is 2.93. The first kappa shape index (κ1) is 15.0. The molecule has 0 radical (unpaired) electrons. The number of carbonyl (C=O) groups is 1. The fourth-order valence-electron chi connectivity index (χ4n) is 2.59. The zero-order valence-electron chi connectivity index (χ0n) is 12.6. The van der Waals surface area contributed by atoms with Gasteiger partial charge in [-0.15, -0.1) is 0 Å². The van der Waals surface area contributed by atoms with Gasteiger partial charge in [0.2, 0.25) is 5.91 Å². The summed E-state index contributed by atoms with van der Waals surface area (Å²) in [5.41, 5.74) is 2.06. The van der Waals surface area contributed by atoms with Crippen LogP contribution in [-0.4, -0.2) is 42.6 Å². The smallest absolute Gasteiger partial charge is 0.225 e. The van der Waals surface area contributed by atoms with E-state index in [0.717, 1.165) is 25.3 Å². The van der Waals surface area contributed by atoms with Crippen LogP contribution >= 0.6 is 0 Å². The van der Waals surface area contributed by atoms with E-state index in [4.69, 9.17) is 4.74 Å². The predicted molar refractivity (Wildman–Crippen MR) is 80.9 cm³/mol. The number of hydrogen-bond donors (Lipinski definition) is 1. The second-order valence-electron chi connectivity index (χ2n) is 5.68. The van der Waals surface area contributed by atoms with Crippen LogP contribution in [0.15, 0.2) is 24.3 Å². The summed E-state index contributed by atoms with van der Waals surface area (Å²) in [6, 6.07) is 7.88. The van der Waals surface area contributed by atoms with E-state index in [-0.39, 0.29) is 18.1 Å². The second kappa shape index (κ2) is 6.86. The van der Waals surface area contributed by atoms with Crippen LogP contribution in [-0.2, 0) is 9.53 Å². The largest absolute Gasteiger partial charge is 0.373 e. The lowest BCUT2D eigenvalue weighted by Crippen LogP contribution is -2.46. The third-order valence-electron chi connectivity index (χ3n) is 3.49. The number of rotatable bonds is 4. The number of nitrogens with zero attached hydrogens (tertiary/aromatic N) is 1. The first-order valence-electron chi connectivity index (χ1n) is 7.27. The molecule has 1 N–H and O–H groups in total. The summed E-state index contributed by atoms with van der Waals surface area (Å²) in [5.74, 6) is 0.0700. The minimum Gasteiger partial charge on any atom is -0.373 e. The van der Waals surface area contributed by atoms with Crippen LogP contribution in [0.4, 0.5) is 5.69 Å². The van der Waals surface area contributed by atoms with Gasteiger partial charge in [0, 0.05) is 31.7 Å². The Hall–Kier alpha value is -1.39. The highest BCUT2D eigenvalue weighted by molar-refractivity contribution is 5.90. The average molecular weight is 276 g/mol. The zero-order valence-corrected chi connectivity index (χ0v) is 12.6. The molecule has 1 aromatic rings. The molecule has 2 atom stereocenters. The molecule has 110 valence electrons. The zero-order chi connectivity index (χ0) is 14.5. The highest BCUT2D eigenvalue weighted by atomic mass is 16.5. The van der Waals surface area contributed by atoms with Gasteiger partial charge in [0.1, 0.15) is 0 Å².